The Hall–Kier alpha value is 0.983. The second-order valence-corrected chi connectivity index (χ2v) is 8.47. The maximum Gasteiger partial charge on any atom is 1.00 e. The number of carbonyl (C=O) groups is 1. The molecule has 1 aliphatic rings. The van der Waals surface area contributed by atoms with Crippen molar-refractivity contribution in [2.24, 2.45) is 11.5 Å². The van der Waals surface area contributed by atoms with E-state index in [2.05, 4.69) is 10.6 Å². The monoisotopic (exact) mass is 478 g/mol. The smallest absolute Gasteiger partial charge is 0.744 e. The van der Waals surface area contributed by atoms with Gasteiger partial charge in [0.1, 0.15) is 20.2 Å². The Morgan fingerprint density at radius 2 is 1.54 bits per heavy atom. The van der Waals surface area contributed by atoms with Gasteiger partial charge in [0.05, 0.1) is 9.79 Å². The molecule has 0 saturated carbocycles. The van der Waals surface area contributed by atoms with Crippen LogP contribution in [0.4, 0.5) is 4.79 Å². The van der Waals surface area contributed by atoms with E-state index in [9.17, 15) is 30.7 Å². The number of nitrogens with one attached hydrogen (secondary N) is 2. The number of carbonyl (C=O) groups excluding carboxylic acids is 1. The molecule has 15 heteroatoms. The Balaban J connectivity index is 0.00000196. The Morgan fingerprint density at radius 1 is 1.04 bits per heavy atom. The van der Waals surface area contributed by atoms with Gasteiger partial charge >= 0.3 is 109 Å². The van der Waals surface area contributed by atoms with E-state index in [4.69, 9.17) is 11.5 Å². The zero-order valence-electron chi connectivity index (χ0n) is 14.8. The van der Waals surface area contributed by atoms with Crippen LogP contribution in [0.5, 0.6) is 0 Å². The van der Waals surface area contributed by atoms with Crippen molar-refractivity contribution in [2.75, 3.05) is 0 Å². The maximum atomic E-state index is 11.5. The molecule has 2 amide bonds. The van der Waals surface area contributed by atoms with Crippen molar-refractivity contribution in [1.82, 2.24) is 10.6 Å². The molecule has 140 valence electrons. The summed E-state index contributed by atoms with van der Waals surface area (Å²) < 4.78 is 68.4. The molecule has 0 radical (unpaired) electrons. The first kappa shape index (κ1) is 27.0. The summed E-state index contributed by atoms with van der Waals surface area (Å²) in [6.45, 7) is -0.0624. The molecule has 1 aliphatic heterocycles. The van der Waals surface area contributed by atoms with Gasteiger partial charge in [-0.2, -0.15) is 0 Å². The van der Waals surface area contributed by atoms with E-state index in [0.29, 0.717) is 10.9 Å². The van der Waals surface area contributed by atoms with Crippen molar-refractivity contribution < 1.29 is 134 Å². The fourth-order valence-electron chi connectivity index (χ4n) is 2.92. The molecule has 6 N–H and O–H groups in total. The number of benzene rings is 2. The Labute approximate surface area is 245 Å². The molecule has 2 aromatic carbocycles. The number of hydrogen-bond donors (Lipinski definition) is 4. The molecular formula is C13H12K2N4O7S2. The summed E-state index contributed by atoms with van der Waals surface area (Å²) in [5.41, 5.74) is 11.5. The minimum absolute atomic E-state index is 0. The van der Waals surface area contributed by atoms with Crippen LogP contribution in [-0.2, 0) is 32.6 Å². The van der Waals surface area contributed by atoms with Crippen LogP contribution < -0.4 is 125 Å². The van der Waals surface area contributed by atoms with Gasteiger partial charge in [-0.05, 0) is 40.6 Å². The molecule has 0 fully saturated rings. The van der Waals surface area contributed by atoms with Gasteiger partial charge in [-0.15, -0.1) is 0 Å². The van der Waals surface area contributed by atoms with Crippen LogP contribution in [0.1, 0.15) is 11.1 Å². The summed E-state index contributed by atoms with van der Waals surface area (Å²) in [5.74, 6) is -1.81. The standard InChI is InChI=1S/C13H14N4O7S2.2K/c14-12(18)17-13(15)10-4-9(26(22,23)24)2-6-1-8(25(19,20)21)3-7(5-16-13)11(6)10;;/h1-4,16H,5,15H2,(H3,14,17,18)(H,19,20,21)(H,22,23,24);;/q;2*+1/p-2. The fraction of sp³-hybridized carbons (Fsp3) is 0.154. The van der Waals surface area contributed by atoms with Crippen molar-refractivity contribution in [1.29, 1.82) is 0 Å². The molecule has 0 bridgehead atoms. The number of urea groups is 1. The van der Waals surface area contributed by atoms with E-state index < -0.39 is 41.8 Å². The van der Waals surface area contributed by atoms with Crippen molar-refractivity contribution in [3.05, 3.63) is 35.4 Å². The molecule has 0 saturated heterocycles. The summed E-state index contributed by atoms with van der Waals surface area (Å²) in [7, 11) is -9.79. The van der Waals surface area contributed by atoms with Crippen LogP contribution in [-0.4, -0.2) is 32.0 Å². The summed E-state index contributed by atoms with van der Waals surface area (Å²) in [6.07, 6.45) is 0. The average Bonchev–Trinajstić information content (AvgIpc) is 2.47. The summed E-state index contributed by atoms with van der Waals surface area (Å²) in [5, 5.41) is 5.17. The zero-order valence-corrected chi connectivity index (χ0v) is 22.7. The fourth-order valence-corrected chi connectivity index (χ4v) is 4.01. The Morgan fingerprint density at radius 3 is 2.00 bits per heavy atom. The maximum absolute atomic E-state index is 11.5. The molecule has 11 nitrogen and oxygen atoms in total. The molecule has 0 aromatic heterocycles. The number of hydrogen-bond acceptors (Lipinski definition) is 9. The molecule has 1 atom stereocenters. The van der Waals surface area contributed by atoms with Gasteiger partial charge in [0, 0.05) is 12.1 Å². The van der Waals surface area contributed by atoms with E-state index in [1.54, 1.807) is 0 Å². The van der Waals surface area contributed by atoms with Crippen LogP contribution in [0.3, 0.4) is 0 Å². The van der Waals surface area contributed by atoms with Crippen LogP contribution >= 0.6 is 0 Å². The van der Waals surface area contributed by atoms with E-state index in [1.807, 2.05) is 0 Å². The second-order valence-electron chi connectivity index (χ2n) is 5.71. The summed E-state index contributed by atoms with van der Waals surface area (Å²) >= 11 is 0. The number of nitrogens with two attached hydrogens (primary N) is 2. The third kappa shape index (κ3) is 5.42. The topological polar surface area (TPSA) is 208 Å². The van der Waals surface area contributed by atoms with E-state index in [1.165, 1.54) is 0 Å². The van der Waals surface area contributed by atoms with Gasteiger partial charge < -0.3 is 20.2 Å². The Kier molecular flexibility index (Phi) is 8.91. The molecule has 0 aliphatic carbocycles. The first-order valence-electron chi connectivity index (χ1n) is 6.96. The average molecular weight is 479 g/mol. The number of amides is 2. The van der Waals surface area contributed by atoms with Gasteiger partial charge in [0.25, 0.3) is 0 Å². The van der Waals surface area contributed by atoms with Gasteiger partial charge in [-0.3, -0.25) is 11.1 Å². The van der Waals surface area contributed by atoms with Crippen molar-refractivity contribution in [3.8, 4) is 0 Å². The summed E-state index contributed by atoms with van der Waals surface area (Å²) in [6, 6.07) is 2.92. The van der Waals surface area contributed by atoms with E-state index >= 15 is 0 Å². The first-order valence-corrected chi connectivity index (χ1v) is 9.77. The molecular weight excluding hydrogens is 466 g/mol. The van der Waals surface area contributed by atoms with Crippen LogP contribution in [0, 0.1) is 0 Å². The van der Waals surface area contributed by atoms with Crippen molar-refractivity contribution >= 4 is 37.0 Å². The number of rotatable bonds is 3. The summed E-state index contributed by atoms with van der Waals surface area (Å²) in [4.78, 5) is 9.95. The second kappa shape index (κ2) is 9.23. The first-order chi connectivity index (χ1) is 11.8. The van der Waals surface area contributed by atoms with E-state index in [0.717, 1.165) is 24.3 Å². The molecule has 3 rings (SSSR count). The van der Waals surface area contributed by atoms with Gasteiger partial charge in [0.15, 0.2) is 5.79 Å². The predicted octanol–water partition coefficient (Wildman–Crippen LogP) is -7.50. The molecule has 1 unspecified atom stereocenters. The van der Waals surface area contributed by atoms with E-state index in [-0.39, 0.29) is 120 Å². The van der Waals surface area contributed by atoms with Crippen LogP contribution in [0.15, 0.2) is 34.1 Å². The quantitative estimate of drug-likeness (QED) is 0.187. The van der Waals surface area contributed by atoms with Gasteiger partial charge in [-0.1, -0.05) is 0 Å². The largest absolute Gasteiger partial charge is 1.00 e. The SMILES string of the molecule is NC(=O)NC1(N)NCc2cc(S(=O)(=O)[O-])cc3cc(S(=O)(=O)[O-])cc1c23.[K+].[K+]. The third-order valence-corrected chi connectivity index (χ3v) is 5.58. The molecule has 2 aromatic rings. The molecule has 28 heavy (non-hydrogen) atoms. The normalized spacial score (nSPS) is 18.7. The predicted molar refractivity (Wildman–Crippen MR) is 85.3 cm³/mol. The minimum atomic E-state index is -4.95. The molecule has 0 spiro atoms. The molecule has 1 heterocycles. The zero-order chi connectivity index (χ0) is 19.5. The van der Waals surface area contributed by atoms with Crippen molar-refractivity contribution in [2.45, 2.75) is 22.1 Å². The van der Waals surface area contributed by atoms with Crippen LogP contribution in [0.25, 0.3) is 10.8 Å². The third-order valence-electron chi connectivity index (χ3n) is 3.96. The number of primary amides is 1. The van der Waals surface area contributed by atoms with Crippen molar-refractivity contribution in [3.63, 3.8) is 0 Å². The Bertz CT molecular complexity index is 1170. The van der Waals surface area contributed by atoms with Crippen LogP contribution in [0.2, 0.25) is 0 Å². The van der Waals surface area contributed by atoms with Gasteiger partial charge in [-0.25, -0.2) is 21.6 Å². The van der Waals surface area contributed by atoms with Gasteiger partial charge in [0.2, 0.25) is 0 Å². The minimum Gasteiger partial charge on any atom is -0.744 e.